The zero-order valence-electron chi connectivity index (χ0n) is 30.2. The van der Waals surface area contributed by atoms with E-state index in [-0.39, 0.29) is 0 Å². The Morgan fingerprint density at radius 3 is 1.71 bits per heavy atom. The second kappa shape index (κ2) is 13.0. The van der Waals surface area contributed by atoms with Gasteiger partial charge in [-0.3, -0.25) is 0 Å². The molecule has 56 heavy (non-hydrogen) atoms. The van der Waals surface area contributed by atoms with Gasteiger partial charge in [0.15, 0.2) is 17.5 Å². The Morgan fingerprint density at radius 1 is 0.339 bits per heavy atom. The molecule has 5 nitrogen and oxygen atoms in total. The Hall–Kier alpha value is -7.63. The SMILES string of the molecule is c1ccc(-c2ccc3c(c2)c2ccccc2n3-c2ccc(-c3ccccc3-c3nc(-c4ccccc4)nc(-c4cccc5oc6ccccc6c45)n3)cc2)cc1. The lowest BCUT2D eigenvalue weighted by molar-refractivity contribution is 0.669. The molecule has 0 saturated heterocycles. The number of nitrogens with zero attached hydrogens (tertiary/aromatic N) is 4. The zero-order chi connectivity index (χ0) is 37.0. The van der Waals surface area contributed by atoms with Crippen LogP contribution in [0.1, 0.15) is 0 Å². The van der Waals surface area contributed by atoms with Gasteiger partial charge in [0.25, 0.3) is 0 Å². The van der Waals surface area contributed by atoms with Crippen molar-refractivity contribution in [2.75, 3.05) is 0 Å². The molecule has 5 heteroatoms. The van der Waals surface area contributed by atoms with Crippen molar-refractivity contribution in [1.29, 1.82) is 0 Å². The van der Waals surface area contributed by atoms with Gasteiger partial charge in [-0.2, -0.15) is 0 Å². The Balaban J connectivity index is 1.04. The normalized spacial score (nSPS) is 11.6. The number of aromatic nitrogens is 4. The highest BCUT2D eigenvalue weighted by atomic mass is 16.3. The van der Waals surface area contributed by atoms with Gasteiger partial charge in [0, 0.05) is 43.9 Å². The molecular weight excluding hydrogens is 685 g/mol. The van der Waals surface area contributed by atoms with Gasteiger partial charge in [0.2, 0.25) is 0 Å². The lowest BCUT2D eigenvalue weighted by Gasteiger charge is -2.13. The molecule has 11 rings (SSSR count). The predicted octanol–water partition coefficient (Wildman–Crippen LogP) is 13.2. The monoisotopic (exact) mass is 716 g/mol. The summed E-state index contributed by atoms with van der Waals surface area (Å²) in [6.07, 6.45) is 0. The average Bonchev–Trinajstić information content (AvgIpc) is 3.83. The molecule has 0 aliphatic carbocycles. The summed E-state index contributed by atoms with van der Waals surface area (Å²) in [4.78, 5) is 15.4. The van der Waals surface area contributed by atoms with Gasteiger partial charge in [-0.05, 0) is 64.7 Å². The fourth-order valence-corrected chi connectivity index (χ4v) is 8.08. The van der Waals surface area contributed by atoms with E-state index in [1.54, 1.807) is 0 Å². The molecule has 0 aliphatic heterocycles. The maximum atomic E-state index is 6.26. The predicted molar refractivity (Wildman–Crippen MR) is 229 cm³/mol. The van der Waals surface area contributed by atoms with E-state index in [9.17, 15) is 0 Å². The number of hydrogen-bond acceptors (Lipinski definition) is 4. The number of furan rings is 1. The lowest BCUT2D eigenvalue weighted by Crippen LogP contribution is -2.01. The molecule has 0 spiro atoms. The fraction of sp³-hybridized carbons (Fsp3) is 0. The maximum Gasteiger partial charge on any atom is 0.164 e. The van der Waals surface area contributed by atoms with Crippen molar-refractivity contribution in [1.82, 2.24) is 19.5 Å². The average molecular weight is 717 g/mol. The summed E-state index contributed by atoms with van der Waals surface area (Å²) in [5.74, 6) is 1.82. The first kappa shape index (κ1) is 31.9. The summed E-state index contributed by atoms with van der Waals surface area (Å²) in [7, 11) is 0. The number of fused-ring (bicyclic) bond motifs is 6. The van der Waals surface area contributed by atoms with E-state index < -0.39 is 0 Å². The number of hydrogen-bond donors (Lipinski definition) is 0. The minimum atomic E-state index is 0.595. The van der Waals surface area contributed by atoms with Crippen LogP contribution in [-0.4, -0.2) is 19.5 Å². The Kier molecular flexibility index (Phi) is 7.42. The van der Waals surface area contributed by atoms with Gasteiger partial charge >= 0.3 is 0 Å². The molecule has 0 bridgehead atoms. The molecule has 0 N–H and O–H groups in total. The third-order valence-electron chi connectivity index (χ3n) is 10.7. The van der Waals surface area contributed by atoms with Gasteiger partial charge < -0.3 is 8.98 Å². The van der Waals surface area contributed by atoms with Crippen molar-refractivity contribution in [2.24, 2.45) is 0 Å². The minimum absolute atomic E-state index is 0.595. The quantitative estimate of drug-likeness (QED) is 0.172. The number of rotatable bonds is 6. The van der Waals surface area contributed by atoms with E-state index in [1.807, 2.05) is 66.7 Å². The number of para-hydroxylation sites is 2. The topological polar surface area (TPSA) is 56.7 Å². The van der Waals surface area contributed by atoms with Crippen LogP contribution in [0.4, 0.5) is 0 Å². The van der Waals surface area contributed by atoms with Gasteiger partial charge in [-0.15, -0.1) is 0 Å². The molecule has 8 aromatic carbocycles. The van der Waals surface area contributed by atoms with Crippen LogP contribution in [0.2, 0.25) is 0 Å². The smallest absolute Gasteiger partial charge is 0.164 e. The van der Waals surface area contributed by atoms with Crippen molar-refractivity contribution in [3.05, 3.63) is 194 Å². The molecule has 0 aliphatic rings. The molecule has 0 atom stereocenters. The maximum absolute atomic E-state index is 6.26. The summed E-state index contributed by atoms with van der Waals surface area (Å²) in [5, 5.41) is 4.48. The van der Waals surface area contributed by atoms with Crippen molar-refractivity contribution in [3.8, 4) is 62.1 Å². The van der Waals surface area contributed by atoms with Gasteiger partial charge in [-0.25, -0.2) is 15.0 Å². The Labute approximate surface area is 322 Å². The van der Waals surface area contributed by atoms with E-state index in [4.69, 9.17) is 19.4 Å². The Morgan fingerprint density at radius 2 is 0.911 bits per heavy atom. The van der Waals surface area contributed by atoms with Gasteiger partial charge in [0.1, 0.15) is 11.2 Å². The third-order valence-corrected chi connectivity index (χ3v) is 10.7. The molecule has 0 unspecified atom stereocenters. The molecule has 3 heterocycles. The van der Waals surface area contributed by atoms with Crippen molar-refractivity contribution >= 4 is 43.7 Å². The minimum Gasteiger partial charge on any atom is -0.456 e. The lowest BCUT2D eigenvalue weighted by atomic mass is 9.98. The largest absolute Gasteiger partial charge is 0.456 e. The fourth-order valence-electron chi connectivity index (χ4n) is 8.08. The van der Waals surface area contributed by atoms with Crippen molar-refractivity contribution in [2.45, 2.75) is 0 Å². The van der Waals surface area contributed by atoms with Gasteiger partial charge in [0.05, 0.1) is 11.0 Å². The van der Waals surface area contributed by atoms with Crippen LogP contribution in [0, 0.1) is 0 Å². The van der Waals surface area contributed by atoms with Crippen LogP contribution in [0.3, 0.4) is 0 Å². The first-order valence-electron chi connectivity index (χ1n) is 18.8. The van der Waals surface area contributed by atoms with Crippen LogP contribution in [0.5, 0.6) is 0 Å². The summed E-state index contributed by atoms with van der Waals surface area (Å²) < 4.78 is 8.62. The summed E-state index contributed by atoms with van der Waals surface area (Å²) >= 11 is 0. The standard InChI is InChI=1S/C51H32N4O/c1-3-14-33(15-4-1)36-28-31-45-43(32-36)39-19-9-11-23-44(39)55(45)37-29-26-34(27-30-37)38-18-7-8-20-40(38)50-52-49(35-16-5-2-6-17-35)53-51(54-50)42-22-13-25-47-48(42)41-21-10-12-24-46(41)56-47/h1-32H. The van der Waals surface area contributed by atoms with Crippen LogP contribution < -0.4 is 0 Å². The second-order valence-electron chi connectivity index (χ2n) is 14.0. The van der Waals surface area contributed by atoms with Crippen LogP contribution in [-0.2, 0) is 0 Å². The first-order chi connectivity index (χ1) is 27.8. The van der Waals surface area contributed by atoms with Crippen LogP contribution >= 0.6 is 0 Å². The highest BCUT2D eigenvalue weighted by Crippen LogP contribution is 2.39. The van der Waals surface area contributed by atoms with E-state index >= 15 is 0 Å². The number of benzene rings is 8. The highest BCUT2D eigenvalue weighted by molar-refractivity contribution is 6.12. The molecule has 3 aromatic heterocycles. The van der Waals surface area contributed by atoms with Crippen LogP contribution in [0.25, 0.3) is 106 Å². The molecule has 0 amide bonds. The van der Waals surface area contributed by atoms with Crippen molar-refractivity contribution in [3.63, 3.8) is 0 Å². The van der Waals surface area contributed by atoms with Crippen molar-refractivity contribution < 1.29 is 4.42 Å². The third kappa shape index (κ3) is 5.29. The molecule has 262 valence electrons. The first-order valence-corrected chi connectivity index (χ1v) is 18.8. The van der Waals surface area contributed by atoms with E-state index in [0.29, 0.717) is 17.5 Å². The second-order valence-corrected chi connectivity index (χ2v) is 14.0. The highest BCUT2D eigenvalue weighted by Gasteiger charge is 2.20. The molecule has 11 aromatic rings. The molecular formula is C51H32N4O. The summed E-state index contributed by atoms with van der Waals surface area (Å²) in [6, 6.07) is 67.5. The van der Waals surface area contributed by atoms with Gasteiger partial charge in [-0.1, -0.05) is 152 Å². The zero-order valence-corrected chi connectivity index (χ0v) is 30.2. The van der Waals surface area contributed by atoms with E-state index in [0.717, 1.165) is 55.4 Å². The molecule has 0 radical (unpaired) electrons. The van der Waals surface area contributed by atoms with E-state index in [1.165, 1.54) is 32.9 Å². The summed E-state index contributed by atoms with van der Waals surface area (Å²) in [5.41, 5.74) is 12.4. The van der Waals surface area contributed by atoms with Crippen LogP contribution in [0.15, 0.2) is 199 Å². The summed E-state index contributed by atoms with van der Waals surface area (Å²) in [6.45, 7) is 0. The van der Waals surface area contributed by atoms with E-state index in [2.05, 4.69) is 132 Å². The molecule has 0 saturated carbocycles. The Bertz CT molecular complexity index is 3240. The molecule has 0 fully saturated rings.